The number of rotatable bonds is 6. The summed E-state index contributed by atoms with van der Waals surface area (Å²) in [5, 5.41) is 17.1. The second-order valence-electron chi connectivity index (χ2n) is 9.71. The van der Waals surface area contributed by atoms with Gasteiger partial charge in [-0.2, -0.15) is 18.3 Å². The molecule has 2 aromatic heterocycles. The van der Waals surface area contributed by atoms with Crippen LogP contribution in [0.25, 0.3) is 22.2 Å². The number of hydrogen-bond acceptors (Lipinski definition) is 8. The Morgan fingerprint density at radius 2 is 1.84 bits per heavy atom. The summed E-state index contributed by atoms with van der Waals surface area (Å²) in [5.74, 6) is -0.216. The van der Waals surface area contributed by atoms with Gasteiger partial charge in [0.05, 0.1) is 0 Å². The van der Waals surface area contributed by atoms with Crippen LogP contribution >= 0.6 is 0 Å². The van der Waals surface area contributed by atoms with Gasteiger partial charge in [-0.25, -0.2) is 19.2 Å². The molecule has 0 saturated heterocycles. The number of anilines is 2. The van der Waals surface area contributed by atoms with E-state index < -0.39 is 18.2 Å². The fraction of sp³-hybridized carbons (Fsp3) is 0.200. The lowest BCUT2D eigenvalue weighted by molar-refractivity contribution is -0.192. The van der Waals surface area contributed by atoms with Gasteiger partial charge in [-0.15, -0.1) is 0 Å². The lowest BCUT2D eigenvalue weighted by Gasteiger charge is -2.21. The Bertz CT molecular complexity index is 1840. The lowest BCUT2D eigenvalue weighted by atomic mass is 10.0. The van der Waals surface area contributed by atoms with Crippen LogP contribution in [0.15, 0.2) is 66.9 Å². The molecule has 1 unspecified atom stereocenters. The van der Waals surface area contributed by atoms with Crippen LogP contribution in [0.3, 0.4) is 0 Å². The summed E-state index contributed by atoms with van der Waals surface area (Å²) < 4.78 is 59.7. The van der Waals surface area contributed by atoms with E-state index in [0.29, 0.717) is 34.5 Å². The highest BCUT2D eigenvalue weighted by molar-refractivity contribution is 5.93. The number of benzene rings is 3. The van der Waals surface area contributed by atoms with Gasteiger partial charge >= 0.3 is 12.1 Å². The van der Waals surface area contributed by atoms with Gasteiger partial charge in [0.15, 0.2) is 23.1 Å². The normalized spacial score (nSPS) is 12.9. The highest BCUT2D eigenvalue weighted by Crippen LogP contribution is 2.36. The first kappa shape index (κ1) is 30.1. The smallest absolute Gasteiger partial charge is 0.475 e. The number of aliphatic carboxylic acids is 1. The zero-order valence-corrected chi connectivity index (χ0v) is 23.4. The highest BCUT2D eigenvalue weighted by Gasteiger charge is 2.38. The molecule has 1 aliphatic rings. The maximum atomic E-state index is 15.3. The Labute approximate surface area is 248 Å². The third kappa shape index (κ3) is 6.33. The molecule has 1 atom stereocenters. The molecule has 4 N–H and O–H groups in total. The van der Waals surface area contributed by atoms with E-state index in [4.69, 9.17) is 30.1 Å². The molecule has 0 saturated carbocycles. The third-order valence-electron chi connectivity index (χ3n) is 6.81. The van der Waals surface area contributed by atoms with Crippen molar-refractivity contribution in [2.24, 2.45) is 7.05 Å². The Balaban J connectivity index is 0.000000493. The Morgan fingerprint density at radius 3 is 2.57 bits per heavy atom. The Morgan fingerprint density at radius 1 is 1.09 bits per heavy atom. The van der Waals surface area contributed by atoms with Gasteiger partial charge in [0.1, 0.15) is 17.7 Å². The fourth-order valence-electron chi connectivity index (χ4n) is 4.58. The number of nitrogens with zero attached hydrogens (tertiary/aromatic N) is 4. The summed E-state index contributed by atoms with van der Waals surface area (Å²) in [6.07, 6.45) is -2.63. The van der Waals surface area contributed by atoms with Gasteiger partial charge in [-0.3, -0.25) is 4.68 Å². The number of ether oxygens (including phenoxy) is 2. The molecule has 0 aliphatic carbocycles. The number of nitrogen functional groups attached to an aromatic ring is 1. The monoisotopic (exact) mass is 610 g/mol. The Kier molecular flexibility index (Phi) is 8.25. The van der Waals surface area contributed by atoms with E-state index in [0.717, 1.165) is 34.0 Å². The fourth-order valence-corrected chi connectivity index (χ4v) is 4.58. The maximum Gasteiger partial charge on any atom is 0.490 e. The molecule has 0 amide bonds. The van der Waals surface area contributed by atoms with Crippen molar-refractivity contribution in [2.45, 2.75) is 25.6 Å². The number of halogens is 4. The van der Waals surface area contributed by atoms with Gasteiger partial charge in [0.25, 0.3) is 0 Å². The molecule has 5 aromatic rings. The minimum absolute atomic E-state index is 0.187. The number of pyridine rings is 1. The van der Waals surface area contributed by atoms with E-state index in [1.165, 1.54) is 6.07 Å². The van der Waals surface area contributed by atoms with Gasteiger partial charge in [-0.05, 0) is 65.9 Å². The number of fused-ring (bicyclic) bond motifs is 2. The van der Waals surface area contributed by atoms with Crippen LogP contribution < -0.4 is 20.5 Å². The number of aryl methyl sites for hydroxylation is 2. The van der Waals surface area contributed by atoms with Crippen LogP contribution in [0.1, 0.15) is 29.9 Å². The number of carboxylic acids is 1. The number of nitrogens with one attached hydrogen (secondary N) is 1. The van der Waals surface area contributed by atoms with Crippen molar-refractivity contribution in [1.82, 2.24) is 19.7 Å². The summed E-state index contributed by atoms with van der Waals surface area (Å²) in [7, 11) is 1.81. The maximum absolute atomic E-state index is 15.3. The van der Waals surface area contributed by atoms with E-state index >= 15 is 4.39 Å². The minimum Gasteiger partial charge on any atom is -0.475 e. The molecule has 1 aliphatic heterocycles. The number of nitrogens with two attached hydrogens (primary N) is 1. The SMILES string of the molecule is CCc1ccc(F)c(C(Nc2ccc3c(N)nccc3c2)c2nc(-c3ccc4c(c3)OCO4)nn2C)c1.O=C(O)C(F)(F)F. The summed E-state index contributed by atoms with van der Waals surface area (Å²) in [4.78, 5) is 17.9. The molecule has 0 radical (unpaired) electrons. The van der Waals surface area contributed by atoms with Crippen LogP contribution in [0, 0.1) is 5.82 Å². The summed E-state index contributed by atoms with van der Waals surface area (Å²) in [6.45, 7) is 2.23. The molecule has 14 heteroatoms. The second-order valence-corrected chi connectivity index (χ2v) is 9.71. The molecule has 0 spiro atoms. The van der Waals surface area contributed by atoms with E-state index in [1.54, 1.807) is 16.9 Å². The average Bonchev–Trinajstić information content (AvgIpc) is 3.62. The van der Waals surface area contributed by atoms with Gasteiger partial charge in [0.2, 0.25) is 6.79 Å². The number of aromatic nitrogens is 4. The van der Waals surface area contributed by atoms with Gasteiger partial charge in [-0.1, -0.05) is 19.1 Å². The van der Waals surface area contributed by atoms with Crippen LogP contribution in [-0.2, 0) is 18.3 Å². The summed E-state index contributed by atoms with van der Waals surface area (Å²) in [5.41, 5.74) is 9.12. The summed E-state index contributed by atoms with van der Waals surface area (Å²) >= 11 is 0. The largest absolute Gasteiger partial charge is 0.490 e. The van der Waals surface area contributed by atoms with E-state index in [2.05, 4.69) is 15.4 Å². The van der Waals surface area contributed by atoms with Crippen molar-refractivity contribution in [2.75, 3.05) is 17.8 Å². The first-order valence-corrected chi connectivity index (χ1v) is 13.2. The first-order chi connectivity index (χ1) is 20.9. The zero-order chi connectivity index (χ0) is 31.6. The van der Waals surface area contributed by atoms with Gasteiger partial charge < -0.3 is 25.6 Å². The van der Waals surface area contributed by atoms with Crippen molar-refractivity contribution in [3.8, 4) is 22.9 Å². The molecule has 0 bridgehead atoms. The van der Waals surface area contributed by atoms with Crippen LogP contribution in [0.2, 0.25) is 0 Å². The molecule has 228 valence electrons. The predicted octanol–water partition coefficient (Wildman–Crippen LogP) is 5.88. The standard InChI is InChI=1S/C28H25FN6O2.C2HF3O2/c1-3-16-4-8-22(29)21(12-16)25(32-19-6-7-20-17(13-19)10-11-31-26(20)30)28-33-27(34-35(28)2)18-5-9-23-24(14-18)37-15-36-23;3-2(4,5)1(6)7/h4-14,25,32H,3,15H2,1-2H3,(H2,30,31);(H,6,7). The van der Waals surface area contributed by atoms with Crippen LogP contribution in [0.5, 0.6) is 11.5 Å². The van der Waals surface area contributed by atoms with Gasteiger partial charge in [0, 0.05) is 35.4 Å². The zero-order valence-electron chi connectivity index (χ0n) is 23.4. The lowest BCUT2D eigenvalue weighted by Crippen LogP contribution is -2.21. The molecule has 10 nitrogen and oxygen atoms in total. The van der Waals surface area contributed by atoms with Crippen molar-refractivity contribution < 1.29 is 36.9 Å². The molecule has 6 rings (SSSR count). The van der Waals surface area contributed by atoms with Crippen molar-refractivity contribution in [1.29, 1.82) is 0 Å². The topological polar surface area (TPSA) is 137 Å². The third-order valence-corrected chi connectivity index (χ3v) is 6.81. The van der Waals surface area contributed by atoms with E-state index in [1.807, 2.05) is 62.5 Å². The molecular weight excluding hydrogens is 584 g/mol. The Hall–Kier alpha value is -5.40. The molecular formula is C30H26F4N6O4. The molecule has 3 aromatic carbocycles. The molecule has 0 fully saturated rings. The molecule has 3 heterocycles. The van der Waals surface area contributed by atoms with E-state index in [9.17, 15) is 13.2 Å². The average molecular weight is 611 g/mol. The van der Waals surface area contributed by atoms with Crippen LogP contribution in [-0.4, -0.2) is 43.8 Å². The number of alkyl halides is 3. The minimum atomic E-state index is -5.08. The van der Waals surface area contributed by atoms with Crippen molar-refractivity contribution in [3.63, 3.8) is 0 Å². The quantitative estimate of drug-likeness (QED) is 0.201. The van der Waals surface area contributed by atoms with E-state index in [-0.39, 0.29) is 12.6 Å². The van der Waals surface area contributed by atoms with Crippen LogP contribution in [0.4, 0.5) is 29.1 Å². The second kappa shape index (κ2) is 12.1. The molecule has 44 heavy (non-hydrogen) atoms. The number of carbonyl (C=O) groups is 1. The van der Waals surface area contributed by atoms with Crippen molar-refractivity contribution in [3.05, 3.63) is 89.6 Å². The number of carboxylic acid groups (broad SMARTS) is 1. The highest BCUT2D eigenvalue weighted by atomic mass is 19.4. The number of hydrogen-bond donors (Lipinski definition) is 3. The predicted molar refractivity (Wildman–Crippen MR) is 154 cm³/mol. The van der Waals surface area contributed by atoms with Crippen molar-refractivity contribution >= 4 is 28.2 Å². The first-order valence-electron chi connectivity index (χ1n) is 13.2. The summed E-state index contributed by atoms with van der Waals surface area (Å²) in [6, 6.07) is 17.8.